The van der Waals surface area contributed by atoms with Crippen molar-refractivity contribution in [2.75, 3.05) is 0 Å². The van der Waals surface area contributed by atoms with Gasteiger partial charge in [0.2, 0.25) is 11.8 Å². The van der Waals surface area contributed by atoms with Crippen LogP contribution in [-0.4, -0.2) is 16.1 Å². The minimum absolute atomic E-state index is 0.177. The van der Waals surface area contributed by atoms with Crippen LogP contribution in [0.1, 0.15) is 17.0 Å². The zero-order chi connectivity index (χ0) is 19.1. The lowest BCUT2D eigenvalue weighted by Crippen LogP contribution is -2.30. The highest BCUT2D eigenvalue weighted by Crippen LogP contribution is 2.46. The first-order valence-corrected chi connectivity index (χ1v) is 8.74. The van der Waals surface area contributed by atoms with Crippen LogP contribution in [0.15, 0.2) is 46.9 Å². The minimum Gasteiger partial charge on any atom is -0.422 e. The fourth-order valence-electron chi connectivity index (χ4n) is 3.22. The fraction of sp³-hybridized carbons (Fsp3) is 0.105. The standard InChI is InChI=1S/C19H11BrF2N4O/c20-13-7-10(3-6-14(13)22)15-12(8-23)18(24)27-19-16(15)17(25-26-19)9-1-4-11(21)5-2-9/h1-7,12,15,24H,(H,25,26). The van der Waals surface area contributed by atoms with Gasteiger partial charge in [-0.3, -0.25) is 10.5 Å². The number of fused-ring (bicyclic) bond motifs is 1. The molecule has 8 heteroatoms. The van der Waals surface area contributed by atoms with E-state index in [4.69, 9.17) is 10.1 Å². The molecule has 1 aliphatic heterocycles. The fourth-order valence-corrected chi connectivity index (χ4v) is 3.62. The zero-order valence-electron chi connectivity index (χ0n) is 13.6. The molecule has 3 aromatic rings. The monoisotopic (exact) mass is 428 g/mol. The van der Waals surface area contributed by atoms with Crippen molar-refractivity contribution in [3.05, 3.63) is 69.7 Å². The lowest BCUT2D eigenvalue weighted by atomic mass is 9.79. The molecule has 134 valence electrons. The van der Waals surface area contributed by atoms with Crippen LogP contribution >= 0.6 is 15.9 Å². The Morgan fingerprint density at radius 3 is 2.59 bits per heavy atom. The van der Waals surface area contributed by atoms with E-state index in [0.29, 0.717) is 22.4 Å². The smallest absolute Gasteiger partial charge is 0.244 e. The Kier molecular flexibility index (Phi) is 4.24. The van der Waals surface area contributed by atoms with Gasteiger partial charge in [0.05, 0.1) is 21.8 Å². The van der Waals surface area contributed by atoms with Crippen molar-refractivity contribution in [3.8, 4) is 23.2 Å². The lowest BCUT2D eigenvalue weighted by molar-refractivity contribution is 0.437. The molecule has 0 fully saturated rings. The number of nitriles is 1. The molecule has 27 heavy (non-hydrogen) atoms. The largest absolute Gasteiger partial charge is 0.422 e. The van der Waals surface area contributed by atoms with Gasteiger partial charge in [-0.25, -0.2) is 8.78 Å². The van der Waals surface area contributed by atoms with Gasteiger partial charge >= 0.3 is 0 Å². The van der Waals surface area contributed by atoms with Gasteiger partial charge in [-0.1, -0.05) is 6.07 Å². The number of halogens is 3. The summed E-state index contributed by atoms with van der Waals surface area (Å²) in [5, 5.41) is 24.7. The van der Waals surface area contributed by atoms with Gasteiger partial charge in [0.15, 0.2) is 0 Å². The molecular weight excluding hydrogens is 418 g/mol. The molecule has 0 spiro atoms. The van der Waals surface area contributed by atoms with Gasteiger partial charge < -0.3 is 4.74 Å². The summed E-state index contributed by atoms with van der Waals surface area (Å²) in [7, 11) is 0. The number of rotatable bonds is 2. The number of ether oxygens (including phenoxy) is 1. The van der Waals surface area contributed by atoms with Crippen LogP contribution in [0.3, 0.4) is 0 Å². The molecule has 0 amide bonds. The highest BCUT2D eigenvalue weighted by Gasteiger charge is 2.40. The summed E-state index contributed by atoms with van der Waals surface area (Å²) in [6.07, 6.45) is 0. The van der Waals surface area contributed by atoms with E-state index in [9.17, 15) is 14.0 Å². The van der Waals surface area contributed by atoms with Gasteiger partial charge in [0.1, 0.15) is 17.6 Å². The second-order valence-electron chi connectivity index (χ2n) is 6.05. The van der Waals surface area contributed by atoms with Crippen LogP contribution in [0.2, 0.25) is 0 Å². The lowest BCUT2D eigenvalue weighted by Gasteiger charge is -2.28. The minimum atomic E-state index is -0.911. The number of benzene rings is 2. The van der Waals surface area contributed by atoms with Crippen molar-refractivity contribution in [1.82, 2.24) is 10.2 Å². The Morgan fingerprint density at radius 2 is 1.93 bits per heavy atom. The van der Waals surface area contributed by atoms with Gasteiger partial charge in [0.25, 0.3) is 0 Å². The molecule has 0 aliphatic carbocycles. The maximum absolute atomic E-state index is 13.7. The Morgan fingerprint density at radius 1 is 1.19 bits per heavy atom. The number of hydrogen-bond acceptors (Lipinski definition) is 4. The van der Waals surface area contributed by atoms with Crippen molar-refractivity contribution in [3.63, 3.8) is 0 Å². The molecule has 1 aliphatic rings. The molecular formula is C19H11BrF2N4O. The highest BCUT2D eigenvalue weighted by molar-refractivity contribution is 9.10. The normalized spacial score (nSPS) is 18.5. The third-order valence-electron chi connectivity index (χ3n) is 4.48. The summed E-state index contributed by atoms with van der Waals surface area (Å²) in [5.41, 5.74) is 2.42. The maximum Gasteiger partial charge on any atom is 0.244 e. The summed E-state index contributed by atoms with van der Waals surface area (Å²) < 4.78 is 32.7. The summed E-state index contributed by atoms with van der Waals surface area (Å²) >= 11 is 3.16. The van der Waals surface area contributed by atoms with Crippen LogP contribution < -0.4 is 4.74 Å². The second-order valence-corrected chi connectivity index (χ2v) is 6.90. The topological polar surface area (TPSA) is 85.6 Å². The molecule has 0 saturated carbocycles. The summed E-state index contributed by atoms with van der Waals surface area (Å²) in [5.74, 6) is -2.36. The number of aromatic nitrogens is 2. The number of hydrogen-bond donors (Lipinski definition) is 2. The molecule has 2 unspecified atom stereocenters. The van der Waals surface area contributed by atoms with Gasteiger partial charge in [-0.05, 0) is 57.9 Å². The average Bonchev–Trinajstić information content (AvgIpc) is 3.07. The van der Waals surface area contributed by atoms with E-state index in [1.54, 1.807) is 24.3 Å². The van der Waals surface area contributed by atoms with Crippen LogP contribution in [-0.2, 0) is 0 Å². The Balaban J connectivity index is 1.94. The number of nitrogens with one attached hydrogen (secondary N) is 2. The van der Waals surface area contributed by atoms with E-state index in [-0.39, 0.29) is 22.1 Å². The van der Waals surface area contributed by atoms with Crippen LogP contribution in [0.5, 0.6) is 5.88 Å². The molecule has 0 bridgehead atoms. The van der Waals surface area contributed by atoms with Gasteiger partial charge in [-0.15, -0.1) is 5.10 Å². The predicted molar refractivity (Wildman–Crippen MR) is 97.4 cm³/mol. The van der Waals surface area contributed by atoms with Crippen LogP contribution in [0, 0.1) is 34.3 Å². The molecule has 4 rings (SSSR count). The van der Waals surface area contributed by atoms with Gasteiger partial charge in [-0.2, -0.15) is 5.26 Å². The molecule has 1 aromatic heterocycles. The first-order valence-electron chi connectivity index (χ1n) is 7.94. The predicted octanol–water partition coefficient (Wildman–Crippen LogP) is 4.76. The van der Waals surface area contributed by atoms with E-state index in [0.717, 1.165) is 0 Å². The third-order valence-corrected chi connectivity index (χ3v) is 5.08. The first kappa shape index (κ1) is 17.4. The second kappa shape index (κ2) is 6.59. The van der Waals surface area contributed by atoms with Crippen molar-refractivity contribution >= 4 is 21.8 Å². The van der Waals surface area contributed by atoms with E-state index < -0.39 is 17.7 Å². The highest BCUT2D eigenvalue weighted by atomic mass is 79.9. The third kappa shape index (κ3) is 2.90. The van der Waals surface area contributed by atoms with E-state index >= 15 is 0 Å². The summed E-state index contributed by atoms with van der Waals surface area (Å²) in [6.45, 7) is 0. The number of nitrogens with zero attached hydrogens (tertiary/aromatic N) is 2. The maximum atomic E-state index is 13.7. The first-order chi connectivity index (χ1) is 13.0. The number of H-pyrrole nitrogens is 1. The van der Waals surface area contributed by atoms with Gasteiger partial charge in [0, 0.05) is 11.5 Å². The Hall–Kier alpha value is -3.05. The molecule has 2 N–H and O–H groups in total. The van der Waals surface area contributed by atoms with E-state index in [2.05, 4.69) is 32.2 Å². The molecule has 0 radical (unpaired) electrons. The SMILES string of the molecule is N#CC1C(=N)Oc2n[nH]c(-c3ccc(F)cc3)c2C1c1ccc(F)c(Br)c1. The molecule has 2 heterocycles. The molecule has 2 atom stereocenters. The van der Waals surface area contributed by atoms with Crippen LogP contribution in [0.25, 0.3) is 11.3 Å². The van der Waals surface area contributed by atoms with Crippen molar-refractivity contribution < 1.29 is 13.5 Å². The average molecular weight is 429 g/mol. The van der Waals surface area contributed by atoms with E-state index in [1.807, 2.05) is 0 Å². The van der Waals surface area contributed by atoms with Crippen molar-refractivity contribution in [2.45, 2.75) is 5.92 Å². The van der Waals surface area contributed by atoms with Crippen molar-refractivity contribution in [2.24, 2.45) is 5.92 Å². The quantitative estimate of drug-likeness (QED) is 0.616. The van der Waals surface area contributed by atoms with Crippen LogP contribution in [0.4, 0.5) is 8.78 Å². The summed E-state index contributed by atoms with van der Waals surface area (Å²) in [4.78, 5) is 0. The molecule has 5 nitrogen and oxygen atoms in total. The Labute approximate surface area is 161 Å². The van der Waals surface area contributed by atoms with Crippen molar-refractivity contribution in [1.29, 1.82) is 10.7 Å². The molecule has 2 aromatic carbocycles. The molecule has 0 saturated heterocycles. The zero-order valence-corrected chi connectivity index (χ0v) is 15.2. The van der Waals surface area contributed by atoms with E-state index in [1.165, 1.54) is 18.2 Å². The summed E-state index contributed by atoms with van der Waals surface area (Å²) in [6, 6.07) is 12.3. The number of aromatic amines is 1. The Bertz CT molecular complexity index is 1090.